The maximum absolute atomic E-state index is 5.18. The van der Waals surface area contributed by atoms with Gasteiger partial charge in [-0.05, 0) is 11.9 Å². The first-order valence-corrected chi connectivity index (χ1v) is 8.32. The number of rotatable bonds is 3. The van der Waals surface area contributed by atoms with E-state index < -0.39 is 4.44 Å². The Bertz CT molecular complexity index is 101. The summed E-state index contributed by atoms with van der Waals surface area (Å²) in [5, 5.41) is 0. The summed E-state index contributed by atoms with van der Waals surface area (Å²) in [5.41, 5.74) is 0. The molecule has 0 amide bonds. The van der Waals surface area contributed by atoms with Crippen molar-refractivity contribution in [3.8, 4) is 0 Å². The Morgan fingerprint density at radius 3 is 2.25 bits per heavy atom. The normalized spacial score (nSPS) is 17.9. The summed E-state index contributed by atoms with van der Waals surface area (Å²) >= 11 is 11.4. The van der Waals surface area contributed by atoms with Crippen LogP contribution in [0.5, 0.6) is 0 Å². The zero-order valence-corrected chi connectivity index (χ0v) is 8.55. The summed E-state index contributed by atoms with van der Waals surface area (Å²) in [5.74, 6) is 1.11. The summed E-state index contributed by atoms with van der Waals surface area (Å²) in [7, 11) is 0. The molecule has 0 radical (unpaired) electrons. The highest BCUT2D eigenvalue weighted by atomic mass is 33.2. The van der Waals surface area contributed by atoms with E-state index in [2.05, 4.69) is 26.1 Å². The van der Waals surface area contributed by atoms with Crippen molar-refractivity contribution in [1.29, 1.82) is 0 Å². The van der Waals surface area contributed by atoms with Crippen molar-refractivity contribution in [2.24, 2.45) is 0 Å². The van der Waals surface area contributed by atoms with E-state index in [0.717, 1.165) is 11.9 Å². The molecule has 0 spiro atoms. The zero-order chi connectivity index (χ0) is 6.62. The first-order chi connectivity index (χ1) is 3.62. The minimum atomic E-state index is -1.23. The van der Waals surface area contributed by atoms with Crippen molar-refractivity contribution in [3.63, 3.8) is 0 Å². The fourth-order valence-electron chi connectivity index (χ4n) is 0.293. The summed E-state index contributed by atoms with van der Waals surface area (Å²) in [4.78, 5) is 0. The maximum atomic E-state index is 5.18. The lowest BCUT2D eigenvalue weighted by molar-refractivity contribution is 1.52. The highest BCUT2D eigenvalue weighted by Gasteiger charge is 2.05. The van der Waals surface area contributed by atoms with E-state index in [1.165, 1.54) is 0 Å². The van der Waals surface area contributed by atoms with Crippen molar-refractivity contribution < 1.29 is 0 Å². The summed E-state index contributed by atoms with van der Waals surface area (Å²) in [6.45, 7) is 4.23. The molecule has 0 nitrogen and oxygen atoms in total. The Balaban J connectivity index is 3.55. The number of hydrogen-bond acceptors (Lipinski definition) is 2. The van der Waals surface area contributed by atoms with Gasteiger partial charge in [-0.2, -0.15) is 0 Å². The van der Waals surface area contributed by atoms with Crippen LogP contribution >= 0.6 is 28.1 Å². The SMILES string of the molecule is CCSP(=S)(S)CC. The average molecular weight is 186 g/mol. The van der Waals surface area contributed by atoms with E-state index in [0.29, 0.717) is 0 Å². The molecule has 0 aromatic rings. The van der Waals surface area contributed by atoms with Gasteiger partial charge in [0.05, 0.1) is 4.44 Å². The van der Waals surface area contributed by atoms with E-state index in [9.17, 15) is 0 Å². The van der Waals surface area contributed by atoms with Gasteiger partial charge in [0, 0.05) is 0 Å². The van der Waals surface area contributed by atoms with E-state index >= 15 is 0 Å². The fraction of sp³-hybridized carbons (Fsp3) is 1.00. The van der Waals surface area contributed by atoms with Gasteiger partial charge in [-0.15, -0.1) is 23.6 Å². The first kappa shape index (κ1) is 9.35. The molecule has 0 aromatic carbocycles. The van der Waals surface area contributed by atoms with Gasteiger partial charge in [-0.3, -0.25) is 0 Å². The highest BCUT2D eigenvalue weighted by Crippen LogP contribution is 2.62. The predicted molar refractivity (Wildman–Crippen MR) is 51.9 cm³/mol. The van der Waals surface area contributed by atoms with Crippen LogP contribution in [-0.4, -0.2) is 11.9 Å². The van der Waals surface area contributed by atoms with Crippen molar-refractivity contribution in [3.05, 3.63) is 0 Å². The minimum absolute atomic E-state index is 1.06. The van der Waals surface area contributed by atoms with Crippen molar-refractivity contribution in [2.45, 2.75) is 13.8 Å². The number of hydrogen-bond donors (Lipinski definition) is 1. The molecule has 0 aromatic heterocycles. The standard InChI is InChI=1S/C4H11PS3/c1-3-5(6,7)8-4-2/h3-4H2,1-2H3,(H,6,7). The molecule has 50 valence electrons. The van der Waals surface area contributed by atoms with Gasteiger partial charge in [-0.1, -0.05) is 25.7 Å². The quantitative estimate of drug-likeness (QED) is 0.531. The Morgan fingerprint density at radius 2 is 2.12 bits per heavy atom. The molecular formula is C4H11PS3. The first-order valence-electron chi connectivity index (χ1n) is 2.58. The van der Waals surface area contributed by atoms with Gasteiger partial charge in [0.2, 0.25) is 0 Å². The minimum Gasteiger partial charge on any atom is -0.131 e. The van der Waals surface area contributed by atoms with Crippen LogP contribution in [-0.2, 0) is 11.8 Å². The second-order valence-electron chi connectivity index (χ2n) is 1.37. The van der Waals surface area contributed by atoms with Gasteiger partial charge < -0.3 is 0 Å². The molecule has 0 bridgehead atoms. The van der Waals surface area contributed by atoms with Gasteiger partial charge in [0.1, 0.15) is 0 Å². The molecule has 0 saturated carbocycles. The van der Waals surface area contributed by atoms with Crippen LogP contribution in [0.15, 0.2) is 0 Å². The lowest BCUT2D eigenvalue weighted by Crippen LogP contribution is -1.69. The highest BCUT2D eigenvalue weighted by molar-refractivity contribution is 8.96. The molecule has 0 aliphatic heterocycles. The molecule has 0 N–H and O–H groups in total. The lowest BCUT2D eigenvalue weighted by Gasteiger charge is -2.08. The molecule has 1 unspecified atom stereocenters. The van der Waals surface area contributed by atoms with Gasteiger partial charge in [0.25, 0.3) is 0 Å². The van der Waals surface area contributed by atoms with Crippen molar-refractivity contribution in [1.82, 2.24) is 0 Å². The summed E-state index contributed by atoms with van der Waals surface area (Å²) < 4.78 is -1.23. The van der Waals surface area contributed by atoms with Crippen LogP contribution in [0.3, 0.4) is 0 Å². The largest absolute Gasteiger partial charge is 0.131 e. The summed E-state index contributed by atoms with van der Waals surface area (Å²) in [6.07, 6.45) is 1.06. The van der Waals surface area contributed by atoms with Gasteiger partial charge >= 0.3 is 0 Å². The van der Waals surface area contributed by atoms with Crippen LogP contribution in [0.4, 0.5) is 0 Å². The maximum Gasteiger partial charge on any atom is 0.0540 e. The van der Waals surface area contributed by atoms with Gasteiger partial charge in [0.15, 0.2) is 0 Å². The molecule has 1 atom stereocenters. The topological polar surface area (TPSA) is 0 Å². The molecule has 0 rings (SSSR count). The van der Waals surface area contributed by atoms with E-state index in [-0.39, 0.29) is 0 Å². The van der Waals surface area contributed by atoms with Crippen LogP contribution in [0, 0.1) is 0 Å². The van der Waals surface area contributed by atoms with E-state index in [1.807, 2.05) is 11.4 Å². The second kappa shape index (κ2) is 4.21. The molecule has 8 heavy (non-hydrogen) atoms. The molecule has 0 fully saturated rings. The Labute approximate surface area is 65.7 Å². The third-order valence-corrected chi connectivity index (χ3v) is 8.56. The van der Waals surface area contributed by atoms with Crippen molar-refractivity contribution >= 4 is 39.9 Å². The third kappa shape index (κ3) is 4.25. The fourth-order valence-corrected chi connectivity index (χ4v) is 4.63. The zero-order valence-electron chi connectivity index (χ0n) is 5.13. The van der Waals surface area contributed by atoms with Crippen molar-refractivity contribution in [2.75, 3.05) is 11.9 Å². The molecule has 0 saturated heterocycles. The van der Waals surface area contributed by atoms with Crippen LogP contribution in [0.1, 0.15) is 13.8 Å². The Kier molecular flexibility index (Phi) is 4.92. The molecular weight excluding hydrogens is 175 g/mol. The van der Waals surface area contributed by atoms with Gasteiger partial charge in [-0.25, -0.2) is 0 Å². The second-order valence-corrected chi connectivity index (χ2v) is 13.0. The Hall–Kier alpha value is 1.35. The van der Waals surface area contributed by atoms with Crippen LogP contribution in [0.2, 0.25) is 0 Å². The van der Waals surface area contributed by atoms with Crippen LogP contribution < -0.4 is 0 Å². The molecule has 0 heterocycles. The summed E-state index contributed by atoms with van der Waals surface area (Å²) in [6, 6.07) is 0. The third-order valence-electron chi connectivity index (χ3n) is 0.730. The molecule has 0 aliphatic carbocycles. The molecule has 0 aliphatic rings. The van der Waals surface area contributed by atoms with E-state index in [4.69, 9.17) is 11.8 Å². The number of thiol groups is 1. The average Bonchev–Trinajstić information content (AvgIpc) is 1.67. The van der Waals surface area contributed by atoms with Crippen LogP contribution in [0.25, 0.3) is 0 Å². The predicted octanol–water partition coefficient (Wildman–Crippen LogP) is 3.00. The lowest BCUT2D eigenvalue weighted by atomic mass is 11.0. The smallest absolute Gasteiger partial charge is 0.0540 e. The van der Waals surface area contributed by atoms with E-state index in [1.54, 1.807) is 0 Å². The monoisotopic (exact) mass is 186 g/mol. The Morgan fingerprint density at radius 1 is 1.62 bits per heavy atom. The molecule has 4 heteroatoms.